The summed E-state index contributed by atoms with van der Waals surface area (Å²) in [6.07, 6.45) is 1.58. The van der Waals surface area contributed by atoms with E-state index in [1.807, 2.05) is 0 Å². The third-order valence-electron chi connectivity index (χ3n) is 4.55. The molecule has 0 saturated carbocycles. The zero-order valence-corrected chi connectivity index (χ0v) is 18.4. The molecule has 0 bridgehead atoms. The van der Waals surface area contributed by atoms with Gasteiger partial charge in [-0.3, -0.25) is 14.4 Å². The quantitative estimate of drug-likeness (QED) is 0.271. The monoisotopic (exact) mass is 477 g/mol. The zero-order valence-electron chi connectivity index (χ0n) is 18.4. The maximum Gasteiger partial charge on any atom is 0.526 e. The van der Waals surface area contributed by atoms with Crippen molar-refractivity contribution >= 4 is 37.0 Å². The molecule has 12 heteroatoms. The third kappa shape index (κ3) is 7.12. The summed E-state index contributed by atoms with van der Waals surface area (Å²) in [5, 5.41) is 17.0. The van der Waals surface area contributed by atoms with Gasteiger partial charge in [0, 0.05) is 25.6 Å². The van der Waals surface area contributed by atoms with Crippen LogP contribution in [0.1, 0.15) is 34.0 Å². The van der Waals surface area contributed by atoms with Crippen LogP contribution < -0.4 is 10.6 Å². The van der Waals surface area contributed by atoms with Crippen molar-refractivity contribution in [3.8, 4) is 11.3 Å². The number of methoxy groups -OCH3 is 1. The largest absolute Gasteiger partial charge is 0.526 e. The predicted molar refractivity (Wildman–Crippen MR) is 118 cm³/mol. The standard InChI is InChI=1S/C17H17F2NO4.C5H5BO4/c1-20(7-3-4-16(22)23-2)17-13(18)8-11(9-14(17)19)15-6-5-12(10-21)24-15;7-3-4-1-2-5(10-4)6(8)9/h5-6,8-10H,3-4,7H2,1-2H3;1-3,8-9H. The van der Waals surface area contributed by atoms with Crippen LogP contribution >= 0.6 is 0 Å². The first-order valence-corrected chi connectivity index (χ1v) is 9.93. The Bertz CT molecular complexity index is 1100. The number of furan rings is 2. The highest BCUT2D eigenvalue weighted by molar-refractivity contribution is 6.57. The van der Waals surface area contributed by atoms with Gasteiger partial charge in [-0.25, -0.2) is 8.78 Å². The molecule has 0 aliphatic rings. The minimum atomic E-state index is -1.64. The van der Waals surface area contributed by atoms with Crippen molar-refractivity contribution in [1.82, 2.24) is 0 Å². The second kappa shape index (κ2) is 12.5. The number of benzene rings is 1. The molecule has 0 amide bonds. The molecule has 34 heavy (non-hydrogen) atoms. The summed E-state index contributed by atoms with van der Waals surface area (Å²) in [6, 6.07) is 7.87. The normalized spacial score (nSPS) is 10.2. The molecule has 3 aromatic rings. The molecule has 2 N–H and O–H groups in total. The lowest BCUT2D eigenvalue weighted by atomic mass is 9.88. The van der Waals surface area contributed by atoms with Gasteiger partial charge in [-0.1, -0.05) is 0 Å². The Morgan fingerprint density at radius 2 is 1.65 bits per heavy atom. The summed E-state index contributed by atoms with van der Waals surface area (Å²) in [5.74, 6) is -1.51. The summed E-state index contributed by atoms with van der Waals surface area (Å²) in [5.41, 5.74) is -0.0160. The van der Waals surface area contributed by atoms with E-state index in [1.54, 1.807) is 0 Å². The van der Waals surface area contributed by atoms with Gasteiger partial charge in [-0.15, -0.1) is 0 Å². The van der Waals surface area contributed by atoms with Gasteiger partial charge in [-0.2, -0.15) is 0 Å². The van der Waals surface area contributed by atoms with E-state index >= 15 is 0 Å². The Kier molecular flexibility index (Phi) is 9.71. The van der Waals surface area contributed by atoms with Crippen molar-refractivity contribution in [1.29, 1.82) is 0 Å². The smallest absolute Gasteiger partial charge is 0.469 e. The summed E-state index contributed by atoms with van der Waals surface area (Å²) < 4.78 is 42.9. The summed E-state index contributed by atoms with van der Waals surface area (Å²) >= 11 is 0. The molecule has 1 aromatic carbocycles. The number of esters is 1. The van der Waals surface area contributed by atoms with Crippen molar-refractivity contribution in [2.45, 2.75) is 12.8 Å². The van der Waals surface area contributed by atoms with E-state index in [1.165, 1.54) is 43.3 Å². The summed E-state index contributed by atoms with van der Waals surface area (Å²) in [7, 11) is 1.18. The summed E-state index contributed by atoms with van der Waals surface area (Å²) in [6.45, 7) is 0.290. The van der Waals surface area contributed by atoms with E-state index in [9.17, 15) is 23.2 Å². The maximum absolute atomic E-state index is 14.3. The van der Waals surface area contributed by atoms with Crippen LogP contribution in [0, 0.1) is 11.6 Å². The number of rotatable bonds is 9. The number of anilines is 1. The molecule has 0 aliphatic heterocycles. The number of carbonyl (C=O) groups is 3. The average Bonchev–Trinajstić information content (AvgIpc) is 3.48. The van der Waals surface area contributed by atoms with Gasteiger partial charge in [0.1, 0.15) is 28.7 Å². The highest BCUT2D eigenvalue weighted by Gasteiger charge is 2.18. The maximum atomic E-state index is 14.3. The Hall–Kier alpha value is -3.77. The van der Waals surface area contributed by atoms with Gasteiger partial charge in [0.05, 0.1) is 7.11 Å². The zero-order chi connectivity index (χ0) is 25.3. The van der Waals surface area contributed by atoms with Crippen LogP contribution in [-0.2, 0) is 9.53 Å². The Balaban J connectivity index is 0.000000340. The lowest BCUT2D eigenvalue weighted by molar-refractivity contribution is -0.140. The van der Waals surface area contributed by atoms with Crippen LogP contribution in [-0.4, -0.2) is 56.4 Å². The molecule has 3 rings (SSSR count). The fraction of sp³-hybridized carbons (Fsp3) is 0.227. The lowest BCUT2D eigenvalue weighted by Gasteiger charge is -2.20. The molecule has 0 radical (unpaired) electrons. The molecular weight excluding hydrogens is 455 g/mol. The second-order valence-electron chi connectivity index (χ2n) is 6.94. The Labute approximate surface area is 193 Å². The van der Waals surface area contributed by atoms with Crippen LogP contribution in [0.3, 0.4) is 0 Å². The van der Waals surface area contributed by atoms with E-state index in [0.29, 0.717) is 25.5 Å². The van der Waals surface area contributed by atoms with E-state index in [-0.39, 0.29) is 46.6 Å². The van der Waals surface area contributed by atoms with Crippen LogP contribution in [0.2, 0.25) is 0 Å². The van der Waals surface area contributed by atoms with Gasteiger partial charge in [-0.05, 0) is 42.8 Å². The van der Waals surface area contributed by atoms with Crippen molar-refractivity contribution in [2.24, 2.45) is 0 Å². The first kappa shape index (κ1) is 26.5. The first-order chi connectivity index (χ1) is 16.2. The molecular formula is C22H22BF2NO8. The molecule has 0 unspecified atom stereocenters. The van der Waals surface area contributed by atoms with E-state index in [4.69, 9.17) is 14.5 Å². The van der Waals surface area contributed by atoms with Crippen LogP contribution in [0.15, 0.2) is 45.2 Å². The predicted octanol–water partition coefficient (Wildman–Crippen LogP) is 2.20. The molecule has 0 saturated heterocycles. The average molecular weight is 477 g/mol. The first-order valence-electron chi connectivity index (χ1n) is 9.93. The Morgan fingerprint density at radius 1 is 1.06 bits per heavy atom. The van der Waals surface area contributed by atoms with Gasteiger partial charge in [0.15, 0.2) is 24.1 Å². The summed E-state index contributed by atoms with van der Waals surface area (Å²) in [4.78, 5) is 33.1. The number of hydrogen-bond acceptors (Lipinski definition) is 9. The minimum absolute atomic E-state index is 0.0258. The fourth-order valence-corrected chi connectivity index (χ4v) is 2.89. The molecule has 9 nitrogen and oxygen atoms in total. The van der Waals surface area contributed by atoms with Crippen molar-refractivity contribution < 1.29 is 46.8 Å². The topological polar surface area (TPSA) is 130 Å². The molecule has 0 spiro atoms. The minimum Gasteiger partial charge on any atom is -0.469 e. The highest BCUT2D eigenvalue weighted by Crippen LogP contribution is 2.30. The number of ether oxygens (including phenoxy) is 1. The number of halogens is 2. The molecule has 2 heterocycles. The van der Waals surface area contributed by atoms with Crippen LogP contribution in [0.5, 0.6) is 0 Å². The number of nitrogens with zero attached hydrogens (tertiary/aromatic N) is 1. The Morgan fingerprint density at radius 3 is 2.12 bits per heavy atom. The number of aldehydes is 2. The van der Waals surface area contributed by atoms with E-state index in [0.717, 1.165) is 12.1 Å². The van der Waals surface area contributed by atoms with Gasteiger partial charge in [0.2, 0.25) is 0 Å². The lowest BCUT2D eigenvalue weighted by Crippen LogP contribution is -2.27. The van der Waals surface area contributed by atoms with E-state index in [2.05, 4.69) is 9.15 Å². The molecule has 180 valence electrons. The fourth-order valence-electron chi connectivity index (χ4n) is 2.89. The molecule has 2 aromatic heterocycles. The van der Waals surface area contributed by atoms with Crippen molar-refractivity contribution in [3.63, 3.8) is 0 Å². The van der Waals surface area contributed by atoms with Crippen LogP contribution in [0.25, 0.3) is 11.3 Å². The highest BCUT2D eigenvalue weighted by atomic mass is 19.1. The van der Waals surface area contributed by atoms with Gasteiger partial charge >= 0.3 is 13.1 Å². The molecule has 0 atom stereocenters. The number of carbonyl (C=O) groups excluding carboxylic acids is 3. The van der Waals surface area contributed by atoms with Crippen LogP contribution in [0.4, 0.5) is 14.5 Å². The number of hydrogen-bond donors (Lipinski definition) is 2. The van der Waals surface area contributed by atoms with E-state index < -0.39 is 18.8 Å². The molecule has 0 fully saturated rings. The molecule has 0 aliphatic carbocycles. The van der Waals surface area contributed by atoms with Gasteiger partial charge < -0.3 is 28.5 Å². The SMILES string of the molecule is COC(=O)CCCN(C)c1c(F)cc(-c2ccc(C=O)o2)cc1F.O=Cc1ccc(B(O)O)o1. The second-order valence-corrected chi connectivity index (χ2v) is 6.94. The van der Waals surface area contributed by atoms with Crippen molar-refractivity contribution in [3.05, 3.63) is 59.6 Å². The van der Waals surface area contributed by atoms with Crippen molar-refractivity contribution in [2.75, 3.05) is 25.6 Å². The van der Waals surface area contributed by atoms with Gasteiger partial charge in [0.25, 0.3) is 0 Å². The third-order valence-corrected chi connectivity index (χ3v) is 4.55.